The molecule has 50 heavy (non-hydrogen) atoms. The number of unbranched alkanes of at least 4 members (excludes halogenated alkanes) is 31. The first-order chi connectivity index (χ1) is 24.6. The lowest BCUT2D eigenvalue weighted by Gasteiger charge is -2.15. The van der Waals surface area contributed by atoms with Crippen LogP contribution >= 0.6 is 0 Å². The van der Waals surface area contributed by atoms with Crippen molar-refractivity contribution in [1.29, 1.82) is 0 Å². The van der Waals surface area contributed by atoms with Crippen molar-refractivity contribution in [2.75, 3.05) is 0 Å². The average Bonchev–Trinajstić information content (AvgIpc) is 3.12. The second-order valence-corrected chi connectivity index (χ2v) is 16.4. The highest BCUT2D eigenvalue weighted by molar-refractivity contribution is 5.39. The molecule has 0 aliphatic rings. The summed E-state index contributed by atoms with van der Waals surface area (Å²) in [5, 5.41) is 0. The lowest BCUT2D eigenvalue weighted by Crippen LogP contribution is -2.01. The molecule has 296 valence electrons. The van der Waals surface area contributed by atoms with Crippen molar-refractivity contribution in [3.05, 3.63) is 34.4 Å². The summed E-state index contributed by atoms with van der Waals surface area (Å²) in [4.78, 5) is 0. The van der Waals surface area contributed by atoms with Crippen molar-refractivity contribution in [3.8, 4) is 0 Å². The van der Waals surface area contributed by atoms with Gasteiger partial charge in [0.15, 0.2) is 0 Å². The summed E-state index contributed by atoms with van der Waals surface area (Å²) < 4.78 is 0. The molecule has 0 unspecified atom stereocenters. The Bertz CT molecular complexity index is 719. The molecule has 0 saturated heterocycles. The van der Waals surface area contributed by atoms with Gasteiger partial charge in [0, 0.05) is 0 Å². The number of rotatable bonds is 37. The number of benzene rings is 1. The zero-order valence-electron chi connectivity index (χ0n) is 36.0. The van der Waals surface area contributed by atoms with Crippen LogP contribution in [0, 0.1) is 6.92 Å². The van der Waals surface area contributed by atoms with Gasteiger partial charge in [-0.1, -0.05) is 252 Å². The average molecular weight is 697 g/mol. The van der Waals surface area contributed by atoms with Crippen LogP contribution in [0.4, 0.5) is 0 Å². The Morgan fingerprint density at radius 1 is 0.260 bits per heavy atom. The highest BCUT2D eigenvalue weighted by atomic mass is 14.1. The molecule has 0 N–H and O–H groups in total. The molecular formula is C50H96. The number of aryl methyl sites for hydroxylation is 3. The molecule has 0 aliphatic heterocycles. The van der Waals surface area contributed by atoms with Crippen LogP contribution in [0.2, 0.25) is 0 Å². The molecule has 0 fully saturated rings. The highest BCUT2D eigenvalue weighted by Crippen LogP contribution is 2.24. The minimum absolute atomic E-state index is 1.29. The van der Waals surface area contributed by atoms with E-state index in [1.54, 1.807) is 22.3 Å². The van der Waals surface area contributed by atoms with E-state index in [0.29, 0.717) is 0 Å². The van der Waals surface area contributed by atoms with Gasteiger partial charge >= 0.3 is 0 Å². The molecular weight excluding hydrogens is 601 g/mol. The SMILES string of the molecule is CCCCCC.CCCCCCCCCCCCCCCc1cc(CCCCCCC)cc(CCCCCCCCCCCCCCC)c1C. The van der Waals surface area contributed by atoms with E-state index in [4.69, 9.17) is 0 Å². The van der Waals surface area contributed by atoms with Crippen molar-refractivity contribution in [1.82, 2.24) is 0 Å². The van der Waals surface area contributed by atoms with Crippen molar-refractivity contribution >= 4 is 0 Å². The molecule has 0 saturated carbocycles. The van der Waals surface area contributed by atoms with Gasteiger partial charge in [-0.2, -0.15) is 0 Å². The first-order valence-corrected chi connectivity index (χ1v) is 23.8. The Kier molecular flexibility index (Phi) is 40.3. The molecule has 0 heterocycles. The summed E-state index contributed by atoms with van der Waals surface area (Å²) in [6, 6.07) is 5.23. The van der Waals surface area contributed by atoms with Gasteiger partial charge in [0.1, 0.15) is 0 Å². The molecule has 0 aromatic heterocycles. The number of hydrogen-bond acceptors (Lipinski definition) is 0. The van der Waals surface area contributed by atoms with Crippen LogP contribution in [0.1, 0.15) is 282 Å². The minimum atomic E-state index is 1.29. The van der Waals surface area contributed by atoms with E-state index in [1.165, 1.54) is 244 Å². The topological polar surface area (TPSA) is 0 Å². The normalized spacial score (nSPS) is 11.2. The Morgan fingerprint density at radius 3 is 0.720 bits per heavy atom. The van der Waals surface area contributed by atoms with Crippen LogP contribution in [0.3, 0.4) is 0 Å². The third kappa shape index (κ3) is 33.1. The maximum absolute atomic E-state index is 2.61. The Labute approximate surface area is 318 Å². The van der Waals surface area contributed by atoms with Gasteiger partial charge in [0.25, 0.3) is 0 Å². The Balaban J connectivity index is 0.00000365. The summed E-state index contributed by atoms with van der Waals surface area (Å²) in [6.07, 6.45) is 53.9. The van der Waals surface area contributed by atoms with Gasteiger partial charge in [0.05, 0.1) is 0 Å². The van der Waals surface area contributed by atoms with E-state index in [2.05, 4.69) is 53.7 Å². The molecule has 0 bridgehead atoms. The zero-order valence-corrected chi connectivity index (χ0v) is 36.0. The summed E-state index contributed by atoms with van der Waals surface area (Å²) in [5.41, 5.74) is 6.65. The van der Waals surface area contributed by atoms with E-state index in [1.807, 2.05) is 0 Å². The first-order valence-electron chi connectivity index (χ1n) is 23.8. The van der Waals surface area contributed by atoms with Gasteiger partial charge < -0.3 is 0 Å². The lowest BCUT2D eigenvalue weighted by atomic mass is 9.90. The molecule has 0 amide bonds. The predicted molar refractivity (Wildman–Crippen MR) is 232 cm³/mol. The van der Waals surface area contributed by atoms with E-state index in [0.717, 1.165) is 0 Å². The van der Waals surface area contributed by atoms with Crippen LogP contribution in [0.25, 0.3) is 0 Å². The van der Waals surface area contributed by atoms with Crippen LogP contribution in [-0.4, -0.2) is 0 Å². The van der Waals surface area contributed by atoms with E-state index >= 15 is 0 Å². The fourth-order valence-corrected chi connectivity index (χ4v) is 7.67. The maximum Gasteiger partial charge on any atom is -0.0276 e. The summed E-state index contributed by atoms with van der Waals surface area (Å²) in [5.74, 6) is 0. The van der Waals surface area contributed by atoms with Crippen LogP contribution < -0.4 is 0 Å². The molecule has 0 spiro atoms. The smallest absolute Gasteiger partial charge is 0.0276 e. The molecule has 0 atom stereocenters. The largest absolute Gasteiger partial charge is 0.0654 e. The molecule has 1 aromatic rings. The van der Waals surface area contributed by atoms with E-state index < -0.39 is 0 Å². The maximum atomic E-state index is 2.61. The van der Waals surface area contributed by atoms with Crippen molar-refractivity contribution in [2.24, 2.45) is 0 Å². The van der Waals surface area contributed by atoms with E-state index in [9.17, 15) is 0 Å². The van der Waals surface area contributed by atoms with Crippen molar-refractivity contribution < 1.29 is 0 Å². The second-order valence-electron chi connectivity index (χ2n) is 16.4. The van der Waals surface area contributed by atoms with Crippen LogP contribution in [0.5, 0.6) is 0 Å². The fourth-order valence-electron chi connectivity index (χ4n) is 7.67. The molecule has 0 aliphatic carbocycles. The highest BCUT2D eigenvalue weighted by Gasteiger charge is 2.09. The standard InChI is InChI=1S/C44H82.C6H14/c1-5-8-11-14-16-18-20-22-24-26-28-31-34-37-43-39-42(36-33-30-13-10-7-3)40-44(41(43)4)38-35-32-29-27-25-23-21-19-17-15-12-9-6-2;1-3-5-6-4-2/h39-40H,5-38H2,1-4H3;3-6H2,1-2H3. The monoisotopic (exact) mass is 697 g/mol. The van der Waals surface area contributed by atoms with E-state index in [-0.39, 0.29) is 0 Å². The van der Waals surface area contributed by atoms with Gasteiger partial charge in [-0.3, -0.25) is 0 Å². The van der Waals surface area contributed by atoms with Gasteiger partial charge in [-0.25, -0.2) is 0 Å². The lowest BCUT2D eigenvalue weighted by molar-refractivity contribution is 0.538. The Hall–Kier alpha value is -0.780. The summed E-state index contributed by atoms with van der Waals surface area (Å²) >= 11 is 0. The van der Waals surface area contributed by atoms with Crippen LogP contribution in [0.15, 0.2) is 12.1 Å². The molecule has 0 radical (unpaired) electrons. The summed E-state index contributed by atoms with van der Waals surface area (Å²) in [6.45, 7) is 13.9. The molecule has 1 rings (SSSR count). The zero-order chi connectivity index (χ0) is 36.6. The van der Waals surface area contributed by atoms with Crippen LogP contribution in [-0.2, 0) is 19.3 Å². The third-order valence-electron chi connectivity index (χ3n) is 11.3. The molecule has 1 aromatic carbocycles. The fraction of sp³-hybridized carbons (Fsp3) is 0.880. The first kappa shape index (κ1) is 49.2. The quantitative estimate of drug-likeness (QED) is 0.0608. The number of hydrogen-bond donors (Lipinski definition) is 0. The second kappa shape index (κ2) is 41.0. The predicted octanol–water partition coefficient (Wildman–Crippen LogP) is 18.4. The molecule has 0 nitrogen and oxygen atoms in total. The van der Waals surface area contributed by atoms with Crippen molar-refractivity contribution in [2.45, 2.75) is 286 Å². The third-order valence-corrected chi connectivity index (χ3v) is 11.3. The van der Waals surface area contributed by atoms with Crippen molar-refractivity contribution in [3.63, 3.8) is 0 Å². The minimum Gasteiger partial charge on any atom is -0.0654 e. The molecule has 0 heteroatoms. The summed E-state index contributed by atoms with van der Waals surface area (Å²) in [7, 11) is 0. The Morgan fingerprint density at radius 2 is 0.460 bits per heavy atom. The van der Waals surface area contributed by atoms with Gasteiger partial charge in [0.2, 0.25) is 0 Å². The van der Waals surface area contributed by atoms with Gasteiger partial charge in [-0.15, -0.1) is 0 Å². The van der Waals surface area contributed by atoms with Gasteiger partial charge in [-0.05, 0) is 67.7 Å².